The van der Waals surface area contributed by atoms with Gasteiger partial charge in [0.2, 0.25) is 0 Å². The fourth-order valence-corrected chi connectivity index (χ4v) is 3.32. The zero-order valence-corrected chi connectivity index (χ0v) is 17.4. The predicted octanol–water partition coefficient (Wildman–Crippen LogP) is 3.03. The number of benzene rings is 1. The van der Waals surface area contributed by atoms with Gasteiger partial charge in [0.1, 0.15) is 0 Å². The number of nitrogens with zero attached hydrogens (tertiary/aromatic N) is 3. The van der Waals surface area contributed by atoms with E-state index < -0.39 is 0 Å². The molecule has 6 heteroatoms. The first-order valence-electron chi connectivity index (χ1n) is 10.3. The van der Waals surface area contributed by atoms with Gasteiger partial charge in [0, 0.05) is 38.6 Å². The highest BCUT2D eigenvalue weighted by molar-refractivity contribution is 5.79. The van der Waals surface area contributed by atoms with Gasteiger partial charge in [-0.15, -0.1) is 0 Å². The number of hydrogen-bond donors (Lipinski definition) is 3. The third-order valence-corrected chi connectivity index (χ3v) is 4.58. The van der Waals surface area contributed by atoms with Crippen LogP contribution in [0.2, 0.25) is 0 Å². The second-order valence-corrected chi connectivity index (χ2v) is 7.64. The van der Waals surface area contributed by atoms with E-state index in [0.717, 1.165) is 38.4 Å². The number of rotatable bonds is 11. The second-order valence-electron chi connectivity index (χ2n) is 7.64. The van der Waals surface area contributed by atoms with Crippen molar-refractivity contribution in [2.24, 2.45) is 16.8 Å². The molecule has 154 valence electrons. The largest absolute Gasteiger partial charge is 0.396 e. The molecule has 0 saturated carbocycles. The minimum absolute atomic E-state index is 0.233. The van der Waals surface area contributed by atoms with E-state index in [4.69, 9.17) is 4.99 Å². The van der Waals surface area contributed by atoms with Crippen molar-refractivity contribution in [2.45, 2.75) is 46.7 Å². The number of aliphatic hydroxyl groups excluding tert-OH is 1. The Hall–Kier alpha value is -2.34. The summed E-state index contributed by atoms with van der Waals surface area (Å²) in [7, 11) is 0. The molecular formula is C22H35N5O. The summed E-state index contributed by atoms with van der Waals surface area (Å²) in [6.07, 6.45) is 7.52. The van der Waals surface area contributed by atoms with Crippen molar-refractivity contribution >= 4 is 5.96 Å². The van der Waals surface area contributed by atoms with Crippen LogP contribution < -0.4 is 10.6 Å². The monoisotopic (exact) mass is 385 g/mol. The SMILES string of the molecule is CCNC(=NCc1cccc(Cn2ccnc2)c1)NCC(CCO)CC(C)C. The molecule has 0 aliphatic carbocycles. The summed E-state index contributed by atoms with van der Waals surface area (Å²) in [6.45, 7) is 9.84. The fourth-order valence-electron chi connectivity index (χ4n) is 3.32. The van der Waals surface area contributed by atoms with Crippen LogP contribution in [0.3, 0.4) is 0 Å². The van der Waals surface area contributed by atoms with Crippen molar-refractivity contribution in [3.63, 3.8) is 0 Å². The molecule has 0 radical (unpaired) electrons. The first kappa shape index (κ1) is 22.0. The van der Waals surface area contributed by atoms with E-state index in [9.17, 15) is 5.11 Å². The molecular weight excluding hydrogens is 350 g/mol. The molecule has 1 aromatic heterocycles. The first-order valence-corrected chi connectivity index (χ1v) is 10.3. The highest BCUT2D eigenvalue weighted by atomic mass is 16.3. The molecule has 0 aliphatic heterocycles. The average Bonchev–Trinajstić information content (AvgIpc) is 3.17. The molecule has 2 aromatic rings. The quantitative estimate of drug-likeness (QED) is 0.411. The lowest BCUT2D eigenvalue weighted by Gasteiger charge is -2.20. The van der Waals surface area contributed by atoms with E-state index in [1.54, 1.807) is 6.20 Å². The molecule has 0 aliphatic rings. The van der Waals surface area contributed by atoms with Gasteiger partial charge in [-0.05, 0) is 42.7 Å². The van der Waals surface area contributed by atoms with Crippen LogP contribution in [0.1, 0.15) is 44.7 Å². The average molecular weight is 386 g/mol. The van der Waals surface area contributed by atoms with Gasteiger partial charge in [0.15, 0.2) is 5.96 Å². The minimum Gasteiger partial charge on any atom is -0.396 e. The standard InChI is InChI=1S/C22H35N5O/c1-4-24-22(26-15-20(8-11-28)12-18(2)3)25-14-19-6-5-7-21(13-19)16-27-10-9-23-17-27/h5-7,9-10,13,17-18,20,28H,4,8,11-12,14-16H2,1-3H3,(H2,24,25,26). The smallest absolute Gasteiger partial charge is 0.191 e. The summed E-state index contributed by atoms with van der Waals surface area (Å²) < 4.78 is 2.06. The third-order valence-electron chi connectivity index (χ3n) is 4.58. The van der Waals surface area contributed by atoms with Gasteiger partial charge in [0.05, 0.1) is 12.9 Å². The van der Waals surface area contributed by atoms with Crippen LogP contribution in [0.4, 0.5) is 0 Å². The van der Waals surface area contributed by atoms with E-state index >= 15 is 0 Å². The van der Waals surface area contributed by atoms with Gasteiger partial charge in [0.25, 0.3) is 0 Å². The van der Waals surface area contributed by atoms with Crippen LogP contribution in [-0.4, -0.2) is 40.3 Å². The Morgan fingerprint density at radius 3 is 2.75 bits per heavy atom. The molecule has 3 N–H and O–H groups in total. The number of hydrogen-bond acceptors (Lipinski definition) is 3. The molecule has 0 spiro atoms. The highest BCUT2D eigenvalue weighted by Gasteiger charge is 2.11. The Morgan fingerprint density at radius 1 is 1.25 bits per heavy atom. The van der Waals surface area contributed by atoms with Crippen molar-refractivity contribution in [1.82, 2.24) is 20.2 Å². The molecule has 0 saturated heterocycles. The van der Waals surface area contributed by atoms with E-state index in [1.807, 2.05) is 12.5 Å². The molecule has 1 unspecified atom stereocenters. The Labute approximate surface area is 169 Å². The fraction of sp³-hybridized carbons (Fsp3) is 0.545. The zero-order valence-electron chi connectivity index (χ0n) is 17.4. The molecule has 1 atom stereocenters. The van der Waals surface area contributed by atoms with Gasteiger partial charge in [-0.3, -0.25) is 0 Å². The number of nitrogens with one attached hydrogen (secondary N) is 2. The third kappa shape index (κ3) is 8.13. The van der Waals surface area contributed by atoms with Gasteiger partial charge in [-0.2, -0.15) is 0 Å². The molecule has 0 amide bonds. The Bertz CT molecular complexity index is 697. The van der Waals surface area contributed by atoms with Crippen molar-refractivity contribution in [2.75, 3.05) is 19.7 Å². The second kappa shape index (κ2) is 12.2. The summed E-state index contributed by atoms with van der Waals surface area (Å²) in [5, 5.41) is 16.1. The van der Waals surface area contributed by atoms with Crippen molar-refractivity contribution in [3.8, 4) is 0 Å². The summed E-state index contributed by atoms with van der Waals surface area (Å²) in [5.41, 5.74) is 2.42. The summed E-state index contributed by atoms with van der Waals surface area (Å²) >= 11 is 0. The highest BCUT2D eigenvalue weighted by Crippen LogP contribution is 2.14. The maximum Gasteiger partial charge on any atom is 0.191 e. The van der Waals surface area contributed by atoms with Crippen molar-refractivity contribution in [3.05, 3.63) is 54.1 Å². The molecule has 0 bridgehead atoms. The number of aromatic nitrogens is 2. The topological polar surface area (TPSA) is 74.5 Å². The van der Waals surface area contributed by atoms with Crippen molar-refractivity contribution in [1.29, 1.82) is 0 Å². The van der Waals surface area contributed by atoms with Crippen LogP contribution in [0.25, 0.3) is 0 Å². The van der Waals surface area contributed by atoms with Crippen LogP contribution in [0.5, 0.6) is 0 Å². The zero-order chi connectivity index (χ0) is 20.2. The molecule has 0 fully saturated rings. The van der Waals surface area contributed by atoms with Gasteiger partial charge >= 0.3 is 0 Å². The first-order chi connectivity index (χ1) is 13.6. The molecule has 1 heterocycles. The number of aliphatic hydroxyl groups is 1. The molecule has 28 heavy (non-hydrogen) atoms. The molecule has 6 nitrogen and oxygen atoms in total. The normalized spacial score (nSPS) is 13.0. The lowest BCUT2D eigenvalue weighted by Crippen LogP contribution is -2.40. The lowest BCUT2D eigenvalue weighted by atomic mass is 9.94. The Kier molecular flexibility index (Phi) is 9.55. The summed E-state index contributed by atoms with van der Waals surface area (Å²) in [6, 6.07) is 8.51. The van der Waals surface area contributed by atoms with Gasteiger partial charge in [-0.1, -0.05) is 38.1 Å². The van der Waals surface area contributed by atoms with Gasteiger partial charge in [-0.25, -0.2) is 9.98 Å². The van der Waals surface area contributed by atoms with Crippen molar-refractivity contribution < 1.29 is 5.11 Å². The van der Waals surface area contributed by atoms with E-state index in [0.29, 0.717) is 18.4 Å². The van der Waals surface area contributed by atoms with Crippen LogP contribution >= 0.6 is 0 Å². The predicted molar refractivity (Wildman–Crippen MR) is 115 cm³/mol. The summed E-state index contributed by atoms with van der Waals surface area (Å²) in [5.74, 6) is 1.90. The molecule has 2 rings (SSSR count). The van der Waals surface area contributed by atoms with Crippen LogP contribution in [0, 0.1) is 11.8 Å². The maximum atomic E-state index is 9.31. The Balaban J connectivity index is 1.95. The lowest BCUT2D eigenvalue weighted by molar-refractivity contribution is 0.243. The number of aliphatic imine (C=N–C) groups is 1. The summed E-state index contributed by atoms with van der Waals surface area (Å²) in [4.78, 5) is 8.84. The molecule has 1 aromatic carbocycles. The number of imidazole rings is 1. The van der Waals surface area contributed by atoms with Gasteiger partial charge < -0.3 is 20.3 Å². The van der Waals surface area contributed by atoms with Crippen LogP contribution in [-0.2, 0) is 13.1 Å². The maximum absolute atomic E-state index is 9.31. The number of guanidine groups is 1. The van der Waals surface area contributed by atoms with Crippen LogP contribution in [0.15, 0.2) is 48.0 Å². The van der Waals surface area contributed by atoms with E-state index in [1.165, 1.54) is 11.1 Å². The minimum atomic E-state index is 0.233. The van der Waals surface area contributed by atoms with E-state index in [2.05, 4.69) is 65.2 Å². The Morgan fingerprint density at radius 2 is 2.07 bits per heavy atom. The van der Waals surface area contributed by atoms with E-state index in [-0.39, 0.29) is 6.61 Å².